The largest absolute Gasteiger partial charge is 0.442 e. The maximum atomic E-state index is 11.0. The third-order valence-electron chi connectivity index (χ3n) is 2.47. The van der Waals surface area contributed by atoms with Gasteiger partial charge in [0.15, 0.2) is 0 Å². The minimum Gasteiger partial charge on any atom is -0.442 e. The Kier molecular flexibility index (Phi) is 2.85. The summed E-state index contributed by atoms with van der Waals surface area (Å²) in [4.78, 5) is 13.2. The van der Waals surface area contributed by atoms with Gasteiger partial charge in [0.25, 0.3) is 0 Å². The molecule has 2 fully saturated rings. The van der Waals surface area contributed by atoms with E-state index in [2.05, 4.69) is 4.90 Å². The van der Waals surface area contributed by atoms with Gasteiger partial charge in [0, 0.05) is 19.6 Å². The third-order valence-corrected chi connectivity index (χ3v) is 2.47. The maximum Gasteiger partial charge on any atom is 0.424 e. The fraction of sp³-hybridized carbons (Fsp3) is 0.875. The van der Waals surface area contributed by atoms with Crippen molar-refractivity contribution >= 4 is 6.09 Å². The molecule has 0 aromatic carbocycles. The molecule has 0 bridgehead atoms. The average Bonchev–Trinajstić information content (AvgIpc) is 2.47. The summed E-state index contributed by atoms with van der Waals surface area (Å²) in [6.07, 6.45) is -0.520. The Bertz CT molecular complexity index is 218. The van der Waals surface area contributed by atoms with Crippen LogP contribution in [0.1, 0.15) is 0 Å². The van der Waals surface area contributed by atoms with Gasteiger partial charge in [-0.15, -0.1) is 0 Å². The predicted octanol–water partition coefficient (Wildman–Crippen LogP) is -0.987. The first-order chi connectivity index (χ1) is 6.75. The van der Waals surface area contributed by atoms with E-state index in [9.17, 15) is 4.79 Å². The highest BCUT2D eigenvalue weighted by Gasteiger charge is 2.30. The van der Waals surface area contributed by atoms with E-state index in [0.29, 0.717) is 6.54 Å². The summed E-state index contributed by atoms with van der Waals surface area (Å²) in [6.45, 7) is 4.55. The van der Waals surface area contributed by atoms with E-state index in [1.165, 1.54) is 0 Å². The van der Waals surface area contributed by atoms with Gasteiger partial charge in [-0.25, -0.2) is 15.6 Å². The molecule has 0 aromatic rings. The number of nitrogens with two attached hydrogens (primary N) is 1. The molecule has 0 unspecified atom stereocenters. The van der Waals surface area contributed by atoms with Crippen LogP contribution >= 0.6 is 0 Å². The Morgan fingerprint density at radius 3 is 2.71 bits per heavy atom. The summed E-state index contributed by atoms with van der Waals surface area (Å²) in [5, 5.41) is 1.12. The summed E-state index contributed by atoms with van der Waals surface area (Å²) >= 11 is 0. The molecule has 2 aliphatic rings. The second-order valence-corrected chi connectivity index (χ2v) is 3.57. The van der Waals surface area contributed by atoms with E-state index >= 15 is 0 Å². The number of amides is 1. The van der Waals surface area contributed by atoms with Crippen molar-refractivity contribution in [3.05, 3.63) is 0 Å². The first-order valence-corrected chi connectivity index (χ1v) is 4.78. The van der Waals surface area contributed by atoms with Crippen LogP contribution in [0.4, 0.5) is 4.79 Å². The van der Waals surface area contributed by atoms with Crippen molar-refractivity contribution in [3.63, 3.8) is 0 Å². The van der Waals surface area contributed by atoms with Crippen molar-refractivity contribution in [1.82, 2.24) is 9.91 Å². The number of nitrogens with zero attached hydrogens (tertiary/aromatic N) is 2. The molecule has 14 heavy (non-hydrogen) atoms. The second kappa shape index (κ2) is 4.12. The quantitative estimate of drug-likeness (QED) is 0.459. The molecule has 2 heterocycles. The summed E-state index contributed by atoms with van der Waals surface area (Å²) in [5.74, 6) is 5.39. The fourth-order valence-corrected chi connectivity index (χ4v) is 1.71. The highest BCUT2D eigenvalue weighted by molar-refractivity contribution is 5.69. The fourth-order valence-electron chi connectivity index (χ4n) is 1.71. The molecule has 2 aliphatic heterocycles. The van der Waals surface area contributed by atoms with Crippen molar-refractivity contribution < 1.29 is 14.3 Å². The van der Waals surface area contributed by atoms with Gasteiger partial charge in [-0.1, -0.05) is 0 Å². The normalized spacial score (nSPS) is 29.4. The number of ether oxygens (including phenoxy) is 2. The molecule has 0 radical (unpaired) electrons. The lowest BCUT2D eigenvalue weighted by Gasteiger charge is -2.27. The number of morpholine rings is 1. The lowest BCUT2D eigenvalue weighted by atomic mass is 10.3. The highest BCUT2D eigenvalue weighted by Crippen LogP contribution is 2.09. The molecule has 0 saturated carbocycles. The van der Waals surface area contributed by atoms with Crippen molar-refractivity contribution in [1.29, 1.82) is 0 Å². The zero-order chi connectivity index (χ0) is 9.97. The lowest BCUT2D eigenvalue weighted by molar-refractivity contribution is 0.0188. The molecular formula is C8H15N3O3. The van der Waals surface area contributed by atoms with Crippen LogP contribution in [0.3, 0.4) is 0 Å². The molecule has 1 amide bonds. The van der Waals surface area contributed by atoms with Crippen LogP contribution in [0.2, 0.25) is 0 Å². The van der Waals surface area contributed by atoms with E-state index in [4.69, 9.17) is 15.3 Å². The van der Waals surface area contributed by atoms with Gasteiger partial charge in [0.05, 0.1) is 19.8 Å². The smallest absolute Gasteiger partial charge is 0.424 e. The van der Waals surface area contributed by atoms with E-state index in [0.717, 1.165) is 37.9 Å². The van der Waals surface area contributed by atoms with Crippen molar-refractivity contribution in [2.45, 2.75) is 6.10 Å². The lowest BCUT2D eigenvalue weighted by Crippen LogP contribution is -2.42. The first kappa shape index (κ1) is 9.70. The van der Waals surface area contributed by atoms with Gasteiger partial charge >= 0.3 is 6.09 Å². The SMILES string of the molecule is NN1C[C@@H](CN2CCOCC2)OC1=O. The van der Waals surface area contributed by atoms with E-state index in [-0.39, 0.29) is 6.10 Å². The molecular weight excluding hydrogens is 186 g/mol. The number of carbonyl (C=O) groups is 1. The molecule has 0 aromatic heterocycles. The van der Waals surface area contributed by atoms with Crippen molar-refractivity contribution in [3.8, 4) is 0 Å². The zero-order valence-corrected chi connectivity index (χ0v) is 8.02. The van der Waals surface area contributed by atoms with E-state index < -0.39 is 6.09 Å². The van der Waals surface area contributed by atoms with Crippen LogP contribution in [-0.2, 0) is 9.47 Å². The Labute approximate surface area is 82.5 Å². The minimum absolute atomic E-state index is 0.0920. The third kappa shape index (κ3) is 2.14. The minimum atomic E-state index is -0.428. The second-order valence-electron chi connectivity index (χ2n) is 3.57. The Balaban J connectivity index is 1.77. The highest BCUT2D eigenvalue weighted by atomic mass is 16.6. The number of hydrogen-bond acceptors (Lipinski definition) is 5. The first-order valence-electron chi connectivity index (χ1n) is 4.78. The summed E-state index contributed by atoms with van der Waals surface area (Å²) in [7, 11) is 0. The topological polar surface area (TPSA) is 68.0 Å². The maximum absolute atomic E-state index is 11.0. The van der Waals surface area contributed by atoms with Gasteiger partial charge in [-0.2, -0.15) is 0 Å². The van der Waals surface area contributed by atoms with Crippen molar-refractivity contribution in [2.75, 3.05) is 39.4 Å². The molecule has 6 nitrogen and oxygen atoms in total. The van der Waals surface area contributed by atoms with Crippen molar-refractivity contribution in [2.24, 2.45) is 5.84 Å². The number of carbonyl (C=O) groups excluding carboxylic acids is 1. The van der Waals surface area contributed by atoms with Crippen LogP contribution < -0.4 is 5.84 Å². The average molecular weight is 201 g/mol. The van der Waals surface area contributed by atoms with Gasteiger partial charge in [-0.3, -0.25) is 4.90 Å². The standard InChI is InChI=1S/C8H15N3O3/c9-11-6-7(14-8(11)12)5-10-1-3-13-4-2-10/h7H,1-6,9H2/t7-/m1/s1. The molecule has 0 aliphatic carbocycles. The number of rotatable bonds is 2. The van der Waals surface area contributed by atoms with Gasteiger partial charge in [-0.05, 0) is 0 Å². The summed E-state index contributed by atoms with van der Waals surface area (Å²) < 4.78 is 10.3. The number of hydrogen-bond donors (Lipinski definition) is 1. The van der Waals surface area contributed by atoms with Gasteiger partial charge in [0.1, 0.15) is 6.10 Å². The molecule has 1 atom stereocenters. The number of cyclic esters (lactones) is 1. The van der Waals surface area contributed by atoms with Crippen LogP contribution in [0.25, 0.3) is 0 Å². The van der Waals surface area contributed by atoms with Gasteiger partial charge in [0.2, 0.25) is 0 Å². The molecule has 0 spiro atoms. The zero-order valence-electron chi connectivity index (χ0n) is 8.02. The van der Waals surface area contributed by atoms with Gasteiger partial charge < -0.3 is 9.47 Å². The molecule has 2 rings (SSSR count). The summed E-state index contributed by atoms with van der Waals surface area (Å²) in [5.41, 5.74) is 0. The summed E-state index contributed by atoms with van der Waals surface area (Å²) in [6, 6.07) is 0. The Hall–Kier alpha value is -0.850. The van der Waals surface area contributed by atoms with Crippen LogP contribution in [-0.4, -0.2) is 61.5 Å². The monoisotopic (exact) mass is 201 g/mol. The van der Waals surface area contributed by atoms with Crippen LogP contribution in [0, 0.1) is 0 Å². The molecule has 80 valence electrons. The van der Waals surface area contributed by atoms with Crippen LogP contribution in [0.15, 0.2) is 0 Å². The van der Waals surface area contributed by atoms with Crippen LogP contribution in [0.5, 0.6) is 0 Å². The molecule has 6 heteroatoms. The Morgan fingerprint density at radius 1 is 1.43 bits per heavy atom. The van der Waals surface area contributed by atoms with E-state index in [1.54, 1.807) is 0 Å². The number of hydrazine groups is 1. The van der Waals surface area contributed by atoms with E-state index in [1.807, 2.05) is 0 Å². The molecule has 2 saturated heterocycles. The Morgan fingerprint density at radius 2 is 2.14 bits per heavy atom. The predicted molar refractivity (Wildman–Crippen MR) is 48.4 cm³/mol. The molecule has 2 N–H and O–H groups in total.